The summed E-state index contributed by atoms with van der Waals surface area (Å²) in [7, 11) is 3.77. The summed E-state index contributed by atoms with van der Waals surface area (Å²) in [5.74, 6) is -1.74. The molecular weight excluding hydrogens is 785 g/mol. The zero-order valence-corrected chi connectivity index (χ0v) is 33.9. The summed E-state index contributed by atoms with van der Waals surface area (Å²) >= 11 is 1.58. The number of nitrogens with one attached hydrogen (secondary N) is 2. The first kappa shape index (κ1) is 38.9. The summed E-state index contributed by atoms with van der Waals surface area (Å²) in [5.41, 5.74) is 5.91. The van der Waals surface area contributed by atoms with Gasteiger partial charge in [-0.1, -0.05) is 11.3 Å². The van der Waals surface area contributed by atoms with Gasteiger partial charge in [-0.3, -0.25) is 44.1 Å². The zero-order valence-electron chi connectivity index (χ0n) is 33.1. The fraction of sp³-hybridized carbons (Fsp3) is 0.381. The summed E-state index contributed by atoms with van der Waals surface area (Å²) in [6.07, 6.45) is 7.11. The minimum atomic E-state index is -1.00. The van der Waals surface area contributed by atoms with Gasteiger partial charge in [-0.05, 0) is 74.6 Å². The van der Waals surface area contributed by atoms with Crippen molar-refractivity contribution >= 4 is 57.8 Å². The van der Waals surface area contributed by atoms with Crippen molar-refractivity contribution in [2.45, 2.75) is 56.5 Å². The Morgan fingerprint density at radius 3 is 2.47 bits per heavy atom. The molecule has 7 heterocycles. The van der Waals surface area contributed by atoms with Crippen molar-refractivity contribution in [3.8, 4) is 28.0 Å². The van der Waals surface area contributed by atoms with Crippen LogP contribution in [0.5, 0.6) is 0 Å². The molecule has 1 aromatic carbocycles. The molecule has 3 aliphatic heterocycles. The van der Waals surface area contributed by atoms with Crippen molar-refractivity contribution in [3.63, 3.8) is 0 Å². The molecule has 4 aliphatic rings. The second-order valence-corrected chi connectivity index (χ2v) is 16.7. The number of nitriles is 1. The van der Waals surface area contributed by atoms with E-state index < -0.39 is 29.7 Å². The van der Waals surface area contributed by atoms with Crippen molar-refractivity contribution in [1.29, 1.82) is 5.26 Å². The number of amides is 5. The standard InChI is InChI=1S/C42H42N12O5S/c1-44-32-19-33(34-10-8-28-17-24(20-43)21-46-54(28)34)45-22-31(32)40-49-48-39(60-40)25-3-5-26(6-4-25)50(2)37(56)23-51-13-15-52(16-14-51)27-7-9-29-30(18-27)42(59)53(41(29)58)35-11-12-36(55)47-38(35)57/h7-10,17-19,21-22,25-26,35H,3-6,11-16,23H2,1-2H3,(H,44,45)(H,47,55,57). The molecule has 4 aromatic heterocycles. The second-order valence-electron chi connectivity index (χ2n) is 15.7. The number of pyridine rings is 1. The summed E-state index contributed by atoms with van der Waals surface area (Å²) in [4.78, 5) is 76.0. The van der Waals surface area contributed by atoms with Crippen LogP contribution in [0, 0.1) is 11.3 Å². The summed E-state index contributed by atoms with van der Waals surface area (Å²) in [6.45, 7) is 2.94. The number of piperidine rings is 1. The molecule has 0 radical (unpaired) electrons. The van der Waals surface area contributed by atoms with Crippen molar-refractivity contribution in [3.05, 3.63) is 76.6 Å². The van der Waals surface area contributed by atoms with Crippen molar-refractivity contribution in [2.75, 3.05) is 57.0 Å². The van der Waals surface area contributed by atoms with Gasteiger partial charge in [0.05, 0.1) is 51.9 Å². The van der Waals surface area contributed by atoms with Gasteiger partial charge >= 0.3 is 0 Å². The van der Waals surface area contributed by atoms with E-state index in [0.717, 1.165) is 74.4 Å². The SMILES string of the molecule is CNc1cc(-c2ccc3cc(C#N)cnn23)ncc1-c1nnc(C2CCC(N(C)C(=O)CN3CCN(c4ccc5c(c4)C(=O)N(C4CCC(=O)NC4=O)C5=O)CC3)CC2)s1. The maximum Gasteiger partial charge on any atom is 0.262 e. The van der Waals surface area contributed by atoms with E-state index in [1.165, 1.54) is 0 Å². The molecule has 2 N–H and O–H groups in total. The lowest BCUT2D eigenvalue weighted by molar-refractivity contribution is -0.136. The zero-order chi connectivity index (χ0) is 41.7. The Hall–Kier alpha value is -6.58. The molecule has 2 saturated heterocycles. The van der Waals surface area contributed by atoms with Crippen LogP contribution >= 0.6 is 11.3 Å². The Kier molecular flexibility index (Phi) is 10.3. The second kappa shape index (κ2) is 15.9. The predicted octanol–water partition coefficient (Wildman–Crippen LogP) is 3.54. The lowest BCUT2D eigenvalue weighted by Gasteiger charge is -2.38. The fourth-order valence-corrected chi connectivity index (χ4v) is 9.81. The number of anilines is 2. The maximum atomic E-state index is 13.5. The van der Waals surface area contributed by atoms with Gasteiger partial charge in [-0.25, -0.2) is 4.52 Å². The van der Waals surface area contributed by atoms with E-state index in [9.17, 15) is 29.2 Å². The number of nitrogens with zero attached hydrogens (tertiary/aromatic N) is 10. The number of carbonyl (C=O) groups is 5. The number of carbonyl (C=O) groups excluding carboxylic acids is 5. The third-order valence-corrected chi connectivity index (χ3v) is 13.4. The van der Waals surface area contributed by atoms with Gasteiger partial charge in [0.1, 0.15) is 17.1 Å². The van der Waals surface area contributed by atoms with Crippen molar-refractivity contribution < 1.29 is 24.0 Å². The van der Waals surface area contributed by atoms with Gasteiger partial charge in [0.2, 0.25) is 17.7 Å². The molecule has 0 spiro atoms. The first-order valence-corrected chi connectivity index (χ1v) is 20.9. The molecule has 306 valence electrons. The number of likely N-dealkylation sites (N-methyl/N-ethyl adjacent to an activating group) is 1. The minimum Gasteiger partial charge on any atom is -0.387 e. The molecule has 1 aliphatic carbocycles. The van der Waals surface area contributed by atoms with Gasteiger partial charge in [0.15, 0.2) is 5.01 Å². The van der Waals surface area contributed by atoms with E-state index in [2.05, 4.69) is 41.8 Å². The van der Waals surface area contributed by atoms with Crippen LogP contribution in [-0.4, -0.2) is 128 Å². The molecule has 9 rings (SSSR count). The molecule has 60 heavy (non-hydrogen) atoms. The van der Waals surface area contributed by atoms with Crippen LogP contribution in [0.15, 0.2) is 54.9 Å². The molecule has 1 atom stereocenters. The number of benzene rings is 1. The summed E-state index contributed by atoms with van der Waals surface area (Å²) in [6, 6.07) is 14.0. The third-order valence-electron chi connectivity index (χ3n) is 12.2. The average Bonchev–Trinajstić information content (AvgIpc) is 4.00. The molecule has 3 fully saturated rings. The molecule has 5 amide bonds. The maximum absolute atomic E-state index is 13.5. The Morgan fingerprint density at radius 2 is 1.72 bits per heavy atom. The normalized spacial score (nSPS) is 20.9. The molecule has 18 heteroatoms. The van der Waals surface area contributed by atoms with Crippen LogP contribution < -0.4 is 15.5 Å². The van der Waals surface area contributed by atoms with Crippen LogP contribution in [0.3, 0.4) is 0 Å². The number of hydrogen-bond donors (Lipinski definition) is 2. The van der Waals surface area contributed by atoms with Crippen LogP contribution in [0.2, 0.25) is 0 Å². The Bertz CT molecular complexity index is 2600. The fourth-order valence-electron chi connectivity index (χ4n) is 8.77. The minimum absolute atomic E-state index is 0.0702. The average molecular weight is 827 g/mol. The van der Waals surface area contributed by atoms with Crippen LogP contribution in [0.25, 0.3) is 27.5 Å². The first-order chi connectivity index (χ1) is 29.1. The van der Waals surface area contributed by atoms with E-state index in [1.54, 1.807) is 40.2 Å². The number of piperazine rings is 1. The third kappa shape index (κ3) is 7.13. The summed E-state index contributed by atoms with van der Waals surface area (Å²) < 4.78 is 1.77. The van der Waals surface area contributed by atoms with Gasteiger partial charge in [0, 0.05) is 76.2 Å². The van der Waals surface area contributed by atoms with E-state index in [0.29, 0.717) is 38.3 Å². The molecule has 17 nitrogen and oxygen atoms in total. The van der Waals surface area contributed by atoms with E-state index >= 15 is 0 Å². The van der Waals surface area contributed by atoms with Crippen molar-refractivity contribution in [2.24, 2.45) is 0 Å². The monoisotopic (exact) mass is 826 g/mol. The Balaban J connectivity index is 0.765. The summed E-state index contributed by atoms with van der Waals surface area (Å²) in [5, 5.41) is 30.1. The molecule has 0 bridgehead atoms. The van der Waals surface area contributed by atoms with Gasteiger partial charge in [0.25, 0.3) is 11.8 Å². The van der Waals surface area contributed by atoms with E-state index in [-0.39, 0.29) is 41.8 Å². The highest BCUT2D eigenvalue weighted by atomic mass is 32.1. The number of fused-ring (bicyclic) bond motifs is 2. The van der Waals surface area contributed by atoms with Crippen molar-refractivity contribution in [1.82, 2.24) is 44.8 Å². The van der Waals surface area contributed by atoms with Gasteiger partial charge in [-0.15, -0.1) is 10.2 Å². The number of hydrogen-bond acceptors (Lipinski definition) is 14. The quantitative estimate of drug-likeness (QED) is 0.205. The number of imide groups is 2. The highest BCUT2D eigenvalue weighted by Gasteiger charge is 2.45. The number of aromatic nitrogens is 5. The molecule has 5 aromatic rings. The van der Waals surface area contributed by atoms with Gasteiger partial charge < -0.3 is 15.1 Å². The smallest absolute Gasteiger partial charge is 0.262 e. The largest absolute Gasteiger partial charge is 0.387 e. The van der Waals surface area contributed by atoms with Crippen LogP contribution in [-0.2, 0) is 14.4 Å². The predicted molar refractivity (Wildman–Crippen MR) is 221 cm³/mol. The van der Waals surface area contributed by atoms with Crippen LogP contribution in [0.4, 0.5) is 11.4 Å². The Morgan fingerprint density at radius 1 is 0.933 bits per heavy atom. The molecular formula is C42H42N12O5S. The highest BCUT2D eigenvalue weighted by molar-refractivity contribution is 7.14. The van der Waals surface area contributed by atoms with Gasteiger partial charge in [-0.2, -0.15) is 10.4 Å². The van der Waals surface area contributed by atoms with E-state index in [1.807, 2.05) is 49.5 Å². The van der Waals surface area contributed by atoms with E-state index in [4.69, 9.17) is 4.98 Å². The number of rotatable bonds is 9. The lowest BCUT2D eigenvalue weighted by Crippen LogP contribution is -2.54. The highest BCUT2D eigenvalue weighted by Crippen LogP contribution is 2.40. The lowest BCUT2D eigenvalue weighted by atomic mass is 9.86. The molecule has 1 saturated carbocycles. The topological polar surface area (TPSA) is 202 Å². The Labute approximate surface area is 349 Å². The van der Waals surface area contributed by atoms with Crippen LogP contribution in [0.1, 0.15) is 75.7 Å². The first-order valence-electron chi connectivity index (χ1n) is 20.1. The molecule has 1 unspecified atom stereocenters.